The Hall–Kier alpha value is -2.04. The number of amides is 2. The third-order valence-electron chi connectivity index (χ3n) is 3.56. The summed E-state index contributed by atoms with van der Waals surface area (Å²) in [4.78, 5) is 22.7. The van der Waals surface area contributed by atoms with Crippen molar-refractivity contribution in [2.24, 2.45) is 0 Å². The van der Waals surface area contributed by atoms with Gasteiger partial charge in [0.05, 0.1) is 7.11 Å². The molecule has 3 rings (SSSR count). The Morgan fingerprint density at radius 2 is 2.22 bits per heavy atom. The molecule has 1 unspecified atom stereocenters. The molecule has 5 nitrogen and oxygen atoms in total. The van der Waals surface area contributed by atoms with Gasteiger partial charge in [0.15, 0.2) is 6.10 Å². The standard InChI is InChI=1S/C13H13NO4/c1-17-8-3-5-9-7(6-8)2-4-10(9)11-12(15)14-13(16)18-11/h3,5-6,10-11H,2,4H2,1H3,(H,14,15,16)/t10-,11?/m1/s1. The van der Waals surface area contributed by atoms with Crippen molar-refractivity contribution in [3.8, 4) is 5.75 Å². The number of cyclic esters (lactones) is 1. The molecule has 2 atom stereocenters. The zero-order valence-corrected chi connectivity index (χ0v) is 9.93. The molecule has 94 valence electrons. The van der Waals surface area contributed by atoms with Gasteiger partial charge >= 0.3 is 6.09 Å². The minimum atomic E-state index is -0.688. The molecule has 0 radical (unpaired) electrons. The van der Waals surface area contributed by atoms with Crippen LogP contribution in [0.1, 0.15) is 23.5 Å². The fourth-order valence-corrected chi connectivity index (χ4v) is 2.70. The molecule has 0 aromatic heterocycles. The molecular weight excluding hydrogens is 234 g/mol. The number of hydrogen-bond acceptors (Lipinski definition) is 4. The summed E-state index contributed by atoms with van der Waals surface area (Å²) in [5, 5.41) is 2.17. The lowest BCUT2D eigenvalue weighted by atomic mass is 9.95. The number of fused-ring (bicyclic) bond motifs is 1. The second kappa shape index (κ2) is 4.01. The van der Waals surface area contributed by atoms with E-state index in [1.54, 1.807) is 7.11 Å². The van der Waals surface area contributed by atoms with Crippen LogP contribution in [0.15, 0.2) is 18.2 Å². The van der Waals surface area contributed by atoms with E-state index in [2.05, 4.69) is 5.32 Å². The first-order valence-electron chi connectivity index (χ1n) is 5.87. The van der Waals surface area contributed by atoms with Crippen molar-refractivity contribution < 1.29 is 19.1 Å². The first kappa shape index (κ1) is 11.1. The van der Waals surface area contributed by atoms with Gasteiger partial charge in [-0.2, -0.15) is 0 Å². The molecule has 1 saturated heterocycles. The first-order chi connectivity index (χ1) is 8.69. The van der Waals surface area contributed by atoms with Gasteiger partial charge in [-0.1, -0.05) is 6.07 Å². The molecule has 1 aromatic carbocycles. The normalized spacial score (nSPS) is 25.6. The summed E-state index contributed by atoms with van der Waals surface area (Å²) in [6, 6.07) is 5.79. The molecule has 1 N–H and O–H groups in total. The molecule has 1 aliphatic heterocycles. The van der Waals surface area contributed by atoms with Crippen LogP contribution in [0.3, 0.4) is 0 Å². The predicted octanol–water partition coefficient (Wildman–Crippen LogP) is 1.36. The first-order valence-corrected chi connectivity index (χ1v) is 5.87. The summed E-state index contributed by atoms with van der Waals surface area (Å²) in [7, 11) is 1.63. The number of alkyl carbamates (subject to hydrolysis) is 1. The smallest absolute Gasteiger partial charge is 0.414 e. The van der Waals surface area contributed by atoms with Crippen molar-refractivity contribution in [2.45, 2.75) is 24.9 Å². The van der Waals surface area contributed by atoms with Gasteiger partial charge in [0.25, 0.3) is 5.91 Å². The zero-order chi connectivity index (χ0) is 12.7. The van der Waals surface area contributed by atoms with Crippen LogP contribution in [0.5, 0.6) is 5.75 Å². The van der Waals surface area contributed by atoms with Gasteiger partial charge in [0.1, 0.15) is 5.75 Å². The third-order valence-corrected chi connectivity index (χ3v) is 3.56. The van der Waals surface area contributed by atoms with Crippen LogP contribution in [-0.4, -0.2) is 25.2 Å². The average Bonchev–Trinajstić information content (AvgIpc) is 2.91. The lowest BCUT2D eigenvalue weighted by molar-refractivity contribution is -0.124. The Labute approximate surface area is 104 Å². The molecule has 1 aromatic rings. The number of carbonyl (C=O) groups excluding carboxylic acids is 2. The Bertz CT molecular complexity index is 526. The molecule has 1 fully saturated rings. The summed E-state index contributed by atoms with van der Waals surface area (Å²) in [5.41, 5.74) is 2.24. The summed E-state index contributed by atoms with van der Waals surface area (Å²) < 4.78 is 10.2. The maximum atomic E-state index is 11.6. The van der Waals surface area contributed by atoms with E-state index in [9.17, 15) is 9.59 Å². The summed E-state index contributed by atoms with van der Waals surface area (Å²) >= 11 is 0. The van der Waals surface area contributed by atoms with Gasteiger partial charge in [0.2, 0.25) is 0 Å². The van der Waals surface area contributed by atoms with Gasteiger partial charge in [0, 0.05) is 5.92 Å². The molecule has 18 heavy (non-hydrogen) atoms. The van der Waals surface area contributed by atoms with Gasteiger partial charge < -0.3 is 9.47 Å². The van der Waals surface area contributed by atoms with Crippen molar-refractivity contribution in [1.82, 2.24) is 5.32 Å². The number of carbonyl (C=O) groups is 2. The fourth-order valence-electron chi connectivity index (χ4n) is 2.70. The summed E-state index contributed by atoms with van der Waals surface area (Å²) in [5.74, 6) is 0.424. The highest BCUT2D eigenvalue weighted by molar-refractivity contribution is 6.00. The van der Waals surface area contributed by atoms with Crippen molar-refractivity contribution >= 4 is 12.0 Å². The van der Waals surface area contributed by atoms with Gasteiger partial charge in [-0.15, -0.1) is 0 Å². The van der Waals surface area contributed by atoms with Crippen LogP contribution in [-0.2, 0) is 16.0 Å². The van der Waals surface area contributed by atoms with E-state index >= 15 is 0 Å². The number of rotatable bonds is 2. The van der Waals surface area contributed by atoms with Crippen molar-refractivity contribution in [3.05, 3.63) is 29.3 Å². The number of benzene rings is 1. The number of aryl methyl sites for hydroxylation is 1. The molecule has 2 amide bonds. The Morgan fingerprint density at radius 3 is 2.89 bits per heavy atom. The van der Waals surface area contributed by atoms with Crippen LogP contribution in [0.4, 0.5) is 4.79 Å². The van der Waals surface area contributed by atoms with Crippen LogP contribution in [0.25, 0.3) is 0 Å². The van der Waals surface area contributed by atoms with Gasteiger partial charge in [-0.05, 0) is 36.1 Å². The number of nitrogens with one attached hydrogen (secondary N) is 1. The minimum Gasteiger partial charge on any atom is -0.497 e. The molecule has 1 heterocycles. The van der Waals surface area contributed by atoms with E-state index < -0.39 is 12.2 Å². The molecule has 0 bridgehead atoms. The Morgan fingerprint density at radius 1 is 1.39 bits per heavy atom. The van der Waals surface area contributed by atoms with E-state index in [0.29, 0.717) is 0 Å². The highest BCUT2D eigenvalue weighted by Crippen LogP contribution is 2.39. The molecule has 0 saturated carbocycles. The van der Waals surface area contributed by atoms with E-state index in [4.69, 9.17) is 9.47 Å². The van der Waals surface area contributed by atoms with Crippen molar-refractivity contribution in [3.63, 3.8) is 0 Å². The monoisotopic (exact) mass is 247 g/mol. The number of ether oxygens (including phenoxy) is 2. The SMILES string of the molecule is COc1ccc2c(c1)CC[C@H]2C1OC(=O)NC1=O. The lowest BCUT2D eigenvalue weighted by Gasteiger charge is -2.15. The zero-order valence-electron chi connectivity index (χ0n) is 9.93. The van der Waals surface area contributed by atoms with Crippen LogP contribution in [0.2, 0.25) is 0 Å². The van der Waals surface area contributed by atoms with Gasteiger partial charge in [-0.25, -0.2) is 4.79 Å². The second-order valence-corrected chi connectivity index (χ2v) is 4.53. The third kappa shape index (κ3) is 1.63. The van der Waals surface area contributed by atoms with Crippen LogP contribution < -0.4 is 10.1 Å². The van der Waals surface area contributed by atoms with E-state index in [0.717, 1.165) is 29.7 Å². The van der Waals surface area contributed by atoms with Crippen LogP contribution in [0, 0.1) is 0 Å². The van der Waals surface area contributed by atoms with Crippen molar-refractivity contribution in [1.29, 1.82) is 0 Å². The predicted molar refractivity (Wildman–Crippen MR) is 62.5 cm³/mol. The number of imide groups is 1. The molecule has 5 heteroatoms. The van der Waals surface area contributed by atoms with Crippen LogP contribution >= 0.6 is 0 Å². The van der Waals surface area contributed by atoms with E-state index in [1.807, 2.05) is 18.2 Å². The topological polar surface area (TPSA) is 64.6 Å². The number of methoxy groups -OCH3 is 1. The molecule has 1 aliphatic carbocycles. The Balaban J connectivity index is 1.91. The summed E-state index contributed by atoms with van der Waals surface area (Å²) in [6.07, 6.45) is 0.353. The minimum absolute atomic E-state index is 0.0441. The molecule has 2 aliphatic rings. The van der Waals surface area contributed by atoms with Crippen molar-refractivity contribution in [2.75, 3.05) is 7.11 Å². The number of hydrogen-bond donors (Lipinski definition) is 1. The maximum absolute atomic E-state index is 11.6. The average molecular weight is 247 g/mol. The molecule has 0 spiro atoms. The van der Waals surface area contributed by atoms with Gasteiger partial charge in [-0.3, -0.25) is 10.1 Å². The lowest BCUT2D eigenvalue weighted by Crippen LogP contribution is -2.28. The van der Waals surface area contributed by atoms with E-state index in [-0.39, 0.29) is 11.8 Å². The Kier molecular flexibility index (Phi) is 2.47. The molecular formula is C13H13NO4. The maximum Gasteiger partial charge on any atom is 0.414 e. The fraction of sp³-hybridized carbons (Fsp3) is 0.385. The van der Waals surface area contributed by atoms with E-state index in [1.165, 1.54) is 0 Å². The highest BCUT2D eigenvalue weighted by Gasteiger charge is 2.42. The highest BCUT2D eigenvalue weighted by atomic mass is 16.6. The quantitative estimate of drug-likeness (QED) is 0.857. The second-order valence-electron chi connectivity index (χ2n) is 4.53. The largest absolute Gasteiger partial charge is 0.497 e. The summed E-state index contributed by atoms with van der Waals surface area (Å²) in [6.45, 7) is 0.